The molecule has 2 N–H and O–H groups in total. The predicted octanol–water partition coefficient (Wildman–Crippen LogP) is 3.75. The van der Waals surface area contributed by atoms with Crippen molar-refractivity contribution < 1.29 is 0 Å². The van der Waals surface area contributed by atoms with Gasteiger partial charge >= 0.3 is 0 Å². The van der Waals surface area contributed by atoms with E-state index in [1.54, 1.807) is 17.5 Å². The van der Waals surface area contributed by atoms with Gasteiger partial charge in [-0.15, -0.1) is 35.3 Å². The van der Waals surface area contributed by atoms with Gasteiger partial charge in [-0.05, 0) is 38.8 Å². The number of aryl methyl sites for hydroxylation is 1. The minimum atomic E-state index is 0. The first kappa shape index (κ1) is 22.6. The van der Waals surface area contributed by atoms with E-state index in [2.05, 4.69) is 44.9 Å². The SMILES string of the molecule is CCNC(=NCCCCNc1ccccn1)N(C)Cc1csc(C)n1.I. The fourth-order valence-corrected chi connectivity index (χ4v) is 2.98. The summed E-state index contributed by atoms with van der Waals surface area (Å²) in [5.41, 5.74) is 1.09. The number of anilines is 1. The van der Waals surface area contributed by atoms with Crippen molar-refractivity contribution in [2.24, 2.45) is 4.99 Å². The van der Waals surface area contributed by atoms with E-state index >= 15 is 0 Å². The Morgan fingerprint density at radius 3 is 2.81 bits per heavy atom. The first-order valence-corrected chi connectivity index (χ1v) is 9.62. The van der Waals surface area contributed by atoms with Gasteiger partial charge in [-0.1, -0.05) is 6.07 Å². The highest BCUT2D eigenvalue weighted by Crippen LogP contribution is 2.10. The Morgan fingerprint density at radius 1 is 1.31 bits per heavy atom. The maximum Gasteiger partial charge on any atom is 0.194 e. The highest BCUT2D eigenvalue weighted by atomic mass is 127. The fraction of sp³-hybridized carbons (Fsp3) is 0.500. The summed E-state index contributed by atoms with van der Waals surface area (Å²) in [5.74, 6) is 1.86. The van der Waals surface area contributed by atoms with Crippen LogP contribution >= 0.6 is 35.3 Å². The van der Waals surface area contributed by atoms with Crippen LogP contribution in [0.5, 0.6) is 0 Å². The van der Waals surface area contributed by atoms with Gasteiger partial charge in [0, 0.05) is 38.3 Å². The fourth-order valence-electron chi connectivity index (χ4n) is 2.37. The normalized spacial score (nSPS) is 11.0. The van der Waals surface area contributed by atoms with Crippen LogP contribution in [-0.4, -0.2) is 47.5 Å². The molecular weight excluding hydrogens is 459 g/mol. The van der Waals surface area contributed by atoms with Crippen LogP contribution in [0.3, 0.4) is 0 Å². The Labute approximate surface area is 177 Å². The molecule has 0 radical (unpaired) electrons. The van der Waals surface area contributed by atoms with Crippen molar-refractivity contribution in [2.75, 3.05) is 32.0 Å². The summed E-state index contributed by atoms with van der Waals surface area (Å²) in [6, 6.07) is 5.89. The van der Waals surface area contributed by atoms with Crippen LogP contribution in [0.15, 0.2) is 34.8 Å². The average molecular weight is 488 g/mol. The first-order chi connectivity index (χ1) is 12.2. The summed E-state index contributed by atoms with van der Waals surface area (Å²) in [6.45, 7) is 7.49. The molecule has 0 unspecified atom stereocenters. The number of pyridine rings is 1. The van der Waals surface area contributed by atoms with E-state index in [0.29, 0.717) is 0 Å². The molecule has 144 valence electrons. The van der Waals surface area contributed by atoms with E-state index in [0.717, 1.165) is 61.5 Å². The largest absolute Gasteiger partial charge is 0.370 e. The number of aromatic nitrogens is 2. The van der Waals surface area contributed by atoms with Gasteiger partial charge in [-0.25, -0.2) is 9.97 Å². The number of rotatable bonds is 9. The number of hydrogen-bond acceptors (Lipinski definition) is 5. The third-order valence-corrected chi connectivity index (χ3v) is 4.40. The van der Waals surface area contributed by atoms with Gasteiger partial charge in [0.1, 0.15) is 5.82 Å². The number of guanidine groups is 1. The highest BCUT2D eigenvalue weighted by Gasteiger charge is 2.08. The van der Waals surface area contributed by atoms with Crippen molar-refractivity contribution in [3.63, 3.8) is 0 Å². The molecule has 0 atom stereocenters. The second kappa shape index (κ2) is 12.9. The number of aliphatic imine (C=N–C) groups is 1. The van der Waals surface area contributed by atoms with E-state index < -0.39 is 0 Å². The van der Waals surface area contributed by atoms with Crippen molar-refractivity contribution in [1.29, 1.82) is 0 Å². The van der Waals surface area contributed by atoms with Gasteiger partial charge in [-0.3, -0.25) is 4.99 Å². The summed E-state index contributed by atoms with van der Waals surface area (Å²) in [4.78, 5) is 15.6. The average Bonchev–Trinajstić information content (AvgIpc) is 3.02. The smallest absolute Gasteiger partial charge is 0.194 e. The summed E-state index contributed by atoms with van der Waals surface area (Å²) in [6.07, 6.45) is 3.90. The molecule has 2 heterocycles. The van der Waals surface area contributed by atoms with Gasteiger partial charge in [0.2, 0.25) is 0 Å². The lowest BCUT2D eigenvalue weighted by Crippen LogP contribution is -2.38. The standard InChI is InChI=1S/C18H28N6S.HI/c1-4-19-18(24(3)13-16-14-25-15(2)23-16)22-12-8-7-11-21-17-9-5-6-10-20-17;/h5-6,9-10,14H,4,7-8,11-13H2,1-3H3,(H,19,22)(H,20,21);1H. The van der Waals surface area contributed by atoms with E-state index in [1.165, 1.54) is 0 Å². The molecule has 26 heavy (non-hydrogen) atoms. The third-order valence-electron chi connectivity index (χ3n) is 3.58. The minimum Gasteiger partial charge on any atom is -0.370 e. The van der Waals surface area contributed by atoms with Crippen LogP contribution in [0.2, 0.25) is 0 Å². The van der Waals surface area contributed by atoms with E-state index in [-0.39, 0.29) is 24.0 Å². The maximum atomic E-state index is 4.72. The topological polar surface area (TPSA) is 65.4 Å². The van der Waals surface area contributed by atoms with Gasteiger partial charge in [0.15, 0.2) is 5.96 Å². The molecular formula is C18H29IN6S. The lowest BCUT2D eigenvalue weighted by Gasteiger charge is -2.21. The summed E-state index contributed by atoms with van der Waals surface area (Å²) in [7, 11) is 2.05. The molecule has 8 heteroatoms. The molecule has 0 aliphatic carbocycles. The van der Waals surface area contributed by atoms with Gasteiger partial charge in [0.25, 0.3) is 0 Å². The van der Waals surface area contributed by atoms with Gasteiger partial charge in [-0.2, -0.15) is 0 Å². The molecule has 0 bridgehead atoms. The number of unbranched alkanes of at least 4 members (excludes halogenated alkanes) is 1. The number of hydrogen-bond donors (Lipinski definition) is 2. The molecule has 2 rings (SSSR count). The molecule has 0 amide bonds. The van der Waals surface area contributed by atoms with Crippen LogP contribution in [-0.2, 0) is 6.54 Å². The first-order valence-electron chi connectivity index (χ1n) is 8.74. The maximum absolute atomic E-state index is 4.72. The van der Waals surface area contributed by atoms with Crippen molar-refractivity contribution in [3.8, 4) is 0 Å². The van der Waals surface area contributed by atoms with E-state index in [1.807, 2.05) is 25.1 Å². The third kappa shape index (κ3) is 8.31. The summed E-state index contributed by atoms with van der Waals surface area (Å²) < 4.78 is 0. The Bertz CT molecular complexity index is 646. The summed E-state index contributed by atoms with van der Waals surface area (Å²) in [5, 5.41) is 9.89. The molecule has 2 aromatic heterocycles. The van der Waals surface area contributed by atoms with E-state index in [4.69, 9.17) is 4.99 Å². The van der Waals surface area contributed by atoms with Crippen LogP contribution < -0.4 is 10.6 Å². The van der Waals surface area contributed by atoms with Crippen molar-refractivity contribution in [1.82, 2.24) is 20.2 Å². The van der Waals surface area contributed by atoms with Gasteiger partial charge < -0.3 is 15.5 Å². The quantitative estimate of drug-likeness (QED) is 0.244. The Kier molecular flexibility index (Phi) is 11.2. The lowest BCUT2D eigenvalue weighted by atomic mass is 10.3. The zero-order valence-electron chi connectivity index (χ0n) is 15.7. The Morgan fingerprint density at radius 2 is 2.15 bits per heavy atom. The van der Waals surface area contributed by atoms with Crippen LogP contribution in [0.4, 0.5) is 5.82 Å². The Hall–Kier alpha value is -1.42. The molecule has 0 spiro atoms. The number of thiazole rings is 1. The molecule has 6 nitrogen and oxygen atoms in total. The van der Waals surface area contributed by atoms with Crippen LogP contribution in [0, 0.1) is 6.92 Å². The van der Waals surface area contributed by atoms with Crippen molar-refractivity contribution >= 4 is 47.1 Å². The Balaban J connectivity index is 0.00000338. The van der Waals surface area contributed by atoms with Crippen LogP contribution in [0.25, 0.3) is 0 Å². The molecule has 0 aliphatic rings. The van der Waals surface area contributed by atoms with Gasteiger partial charge in [0.05, 0.1) is 17.2 Å². The van der Waals surface area contributed by atoms with Crippen molar-refractivity contribution in [3.05, 3.63) is 40.5 Å². The molecule has 0 aromatic carbocycles. The molecule has 0 fully saturated rings. The monoisotopic (exact) mass is 488 g/mol. The lowest BCUT2D eigenvalue weighted by molar-refractivity contribution is 0.470. The zero-order chi connectivity index (χ0) is 17.9. The number of nitrogens with one attached hydrogen (secondary N) is 2. The molecule has 0 saturated heterocycles. The second-order valence-electron chi connectivity index (χ2n) is 5.80. The highest BCUT2D eigenvalue weighted by molar-refractivity contribution is 14.0. The zero-order valence-corrected chi connectivity index (χ0v) is 18.9. The summed E-state index contributed by atoms with van der Waals surface area (Å²) >= 11 is 1.69. The second-order valence-corrected chi connectivity index (χ2v) is 6.86. The molecule has 0 saturated carbocycles. The van der Waals surface area contributed by atoms with Crippen molar-refractivity contribution in [2.45, 2.75) is 33.2 Å². The molecule has 0 aliphatic heterocycles. The molecule has 2 aromatic rings. The predicted molar refractivity (Wildman–Crippen MR) is 122 cm³/mol. The number of nitrogens with zero attached hydrogens (tertiary/aromatic N) is 4. The van der Waals surface area contributed by atoms with E-state index in [9.17, 15) is 0 Å². The van der Waals surface area contributed by atoms with Crippen LogP contribution in [0.1, 0.15) is 30.5 Å². The number of halogens is 1. The minimum absolute atomic E-state index is 0.